The summed E-state index contributed by atoms with van der Waals surface area (Å²) < 4.78 is 0. The van der Waals surface area contributed by atoms with E-state index < -0.39 is 0 Å². The maximum Gasteiger partial charge on any atom is 0.240 e. The molecule has 1 fully saturated rings. The van der Waals surface area contributed by atoms with Gasteiger partial charge in [0.2, 0.25) is 5.91 Å². The van der Waals surface area contributed by atoms with Gasteiger partial charge in [0.25, 0.3) is 0 Å². The minimum Gasteiger partial charge on any atom is -0.340 e. The van der Waals surface area contributed by atoms with Crippen LogP contribution in [0.3, 0.4) is 0 Å². The van der Waals surface area contributed by atoms with E-state index in [2.05, 4.69) is 41.5 Å². The van der Waals surface area contributed by atoms with Gasteiger partial charge in [-0.2, -0.15) is 0 Å². The number of benzene rings is 1. The number of rotatable bonds is 1. The van der Waals surface area contributed by atoms with Crippen LogP contribution in [0.2, 0.25) is 0 Å². The first kappa shape index (κ1) is 16.3. The number of fused-ring (bicyclic) bond motifs is 1. The first-order valence-corrected chi connectivity index (χ1v) is 7.51. The zero-order valence-electron chi connectivity index (χ0n) is 12.5. The van der Waals surface area contributed by atoms with Crippen LogP contribution in [0.4, 0.5) is 0 Å². The minimum absolute atomic E-state index is 0. The normalized spacial score (nSPS) is 22.9. The number of amides is 1. The van der Waals surface area contributed by atoms with Gasteiger partial charge < -0.3 is 15.1 Å². The Kier molecular flexibility index (Phi) is 5.62. The number of nitrogens with one attached hydrogen (secondary N) is 1. The van der Waals surface area contributed by atoms with E-state index in [-0.39, 0.29) is 24.4 Å². The summed E-state index contributed by atoms with van der Waals surface area (Å²) in [4.78, 5) is 17.0. The predicted molar refractivity (Wildman–Crippen MR) is 86.7 cm³/mol. The minimum atomic E-state index is -0.0479. The SMILES string of the molecule is CN1CCCN(C(=O)C2Cc3ccccc3CN2)CC1.Cl. The molecule has 1 aromatic carbocycles. The van der Waals surface area contributed by atoms with Crippen LogP contribution >= 0.6 is 12.4 Å². The van der Waals surface area contributed by atoms with Crippen molar-refractivity contribution in [3.63, 3.8) is 0 Å². The molecule has 1 unspecified atom stereocenters. The number of nitrogens with zero attached hydrogens (tertiary/aromatic N) is 2. The maximum atomic E-state index is 12.7. The van der Waals surface area contributed by atoms with Gasteiger partial charge in [0, 0.05) is 26.2 Å². The van der Waals surface area contributed by atoms with Crippen LogP contribution in [0.5, 0.6) is 0 Å². The van der Waals surface area contributed by atoms with Crippen LogP contribution in [0.1, 0.15) is 17.5 Å². The van der Waals surface area contributed by atoms with Crippen LogP contribution in [-0.2, 0) is 17.8 Å². The molecule has 2 aliphatic rings. The smallest absolute Gasteiger partial charge is 0.240 e. The van der Waals surface area contributed by atoms with E-state index in [9.17, 15) is 4.79 Å². The Balaban J connectivity index is 0.00000161. The highest BCUT2D eigenvalue weighted by Gasteiger charge is 2.28. The van der Waals surface area contributed by atoms with Gasteiger partial charge in [0.15, 0.2) is 0 Å². The second kappa shape index (κ2) is 7.25. The quantitative estimate of drug-likeness (QED) is 0.849. The fourth-order valence-electron chi connectivity index (χ4n) is 3.12. The van der Waals surface area contributed by atoms with E-state index in [0.29, 0.717) is 0 Å². The molecule has 0 spiro atoms. The molecule has 0 bridgehead atoms. The highest BCUT2D eigenvalue weighted by molar-refractivity contribution is 5.85. The van der Waals surface area contributed by atoms with Crippen molar-refractivity contribution in [2.45, 2.75) is 25.4 Å². The van der Waals surface area contributed by atoms with Crippen molar-refractivity contribution in [1.29, 1.82) is 0 Å². The Morgan fingerprint density at radius 2 is 1.90 bits per heavy atom. The van der Waals surface area contributed by atoms with E-state index in [1.165, 1.54) is 11.1 Å². The van der Waals surface area contributed by atoms with Gasteiger partial charge in [-0.25, -0.2) is 0 Å². The monoisotopic (exact) mass is 309 g/mol. The Bertz CT molecular complexity index is 494. The summed E-state index contributed by atoms with van der Waals surface area (Å²) in [5, 5.41) is 3.40. The summed E-state index contributed by atoms with van der Waals surface area (Å²) in [5.41, 5.74) is 2.64. The second-order valence-electron chi connectivity index (χ2n) is 5.89. The average Bonchev–Trinajstić information content (AvgIpc) is 2.71. The molecule has 4 nitrogen and oxygen atoms in total. The first-order valence-electron chi connectivity index (χ1n) is 7.51. The summed E-state index contributed by atoms with van der Waals surface area (Å²) in [5.74, 6) is 0.273. The Hall–Kier alpha value is -1.10. The lowest BCUT2D eigenvalue weighted by atomic mass is 9.95. The lowest BCUT2D eigenvalue weighted by Gasteiger charge is -2.30. The van der Waals surface area contributed by atoms with Gasteiger partial charge >= 0.3 is 0 Å². The molecule has 1 amide bonds. The molecule has 1 aromatic rings. The maximum absolute atomic E-state index is 12.7. The summed E-state index contributed by atoms with van der Waals surface area (Å²) in [7, 11) is 2.13. The number of halogens is 1. The van der Waals surface area contributed by atoms with Crippen molar-refractivity contribution in [3.05, 3.63) is 35.4 Å². The molecule has 0 aromatic heterocycles. The lowest BCUT2D eigenvalue weighted by Crippen LogP contribution is -2.50. The number of carbonyl (C=O) groups is 1. The van der Waals surface area contributed by atoms with Gasteiger partial charge in [-0.3, -0.25) is 4.79 Å². The third-order valence-electron chi connectivity index (χ3n) is 4.41. The molecule has 2 heterocycles. The molecule has 3 rings (SSSR count). The van der Waals surface area contributed by atoms with Crippen LogP contribution < -0.4 is 5.32 Å². The van der Waals surface area contributed by atoms with E-state index in [1.807, 2.05) is 4.90 Å². The van der Waals surface area contributed by atoms with Crippen molar-refractivity contribution in [2.24, 2.45) is 0 Å². The molecular formula is C16H24ClN3O. The summed E-state index contributed by atoms with van der Waals surface area (Å²) in [6.45, 7) is 4.62. The fraction of sp³-hybridized carbons (Fsp3) is 0.562. The Morgan fingerprint density at radius 1 is 1.14 bits per heavy atom. The van der Waals surface area contributed by atoms with E-state index in [4.69, 9.17) is 0 Å². The third-order valence-corrected chi connectivity index (χ3v) is 4.41. The van der Waals surface area contributed by atoms with Gasteiger partial charge in [0.05, 0.1) is 6.04 Å². The molecule has 0 saturated carbocycles. The van der Waals surface area contributed by atoms with Crippen molar-refractivity contribution >= 4 is 18.3 Å². The number of carbonyl (C=O) groups excluding carboxylic acids is 1. The second-order valence-corrected chi connectivity index (χ2v) is 5.89. The standard InChI is InChI=1S/C16H23N3O.ClH/c1-18-7-4-8-19(10-9-18)16(20)15-11-13-5-2-3-6-14(13)12-17-15;/h2-3,5-6,15,17H,4,7-12H2,1H3;1H. The van der Waals surface area contributed by atoms with Crippen molar-refractivity contribution in [1.82, 2.24) is 15.1 Å². The highest BCUT2D eigenvalue weighted by atomic mass is 35.5. The zero-order chi connectivity index (χ0) is 13.9. The molecule has 2 aliphatic heterocycles. The van der Waals surface area contributed by atoms with Crippen molar-refractivity contribution < 1.29 is 4.79 Å². The van der Waals surface area contributed by atoms with Crippen LogP contribution in [-0.4, -0.2) is 55.0 Å². The number of likely N-dealkylation sites (N-methyl/N-ethyl adjacent to an activating group) is 1. The largest absolute Gasteiger partial charge is 0.340 e. The molecule has 1 saturated heterocycles. The molecule has 1 N–H and O–H groups in total. The fourth-order valence-corrected chi connectivity index (χ4v) is 3.12. The number of hydrogen-bond acceptors (Lipinski definition) is 3. The van der Waals surface area contributed by atoms with Crippen molar-refractivity contribution in [3.8, 4) is 0 Å². The van der Waals surface area contributed by atoms with Crippen LogP contribution in [0.15, 0.2) is 24.3 Å². The van der Waals surface area contributed by atoms with Gasteiger partial charge in [-0.1, -0.05) is 24.3 Å². The molecule has 5 heteroatoms. The molecule has 1 atom stereocenters. The molecule has 0 radical (unpaired) electrons. The average molecular weight is 310 g/mol. The Labute approximate surface area is 132 Å². The summed E-state index contributed by atoms with van der Waals surface area (Å²) in [6.07, 6.45) is 1.90. The van der Waals surface area contributed by atoms with Crippen molar-refractivity contribution in [2.75, 3.05) is 33.2 Å². The first-order chi connectivity index (χ1) is 9.74. The summed E-state index contributed by atoms with van der Waals surface area (Å²) >= 11 is 0. The molecule has 21 heavy (non-hydrogen) atoms. The van der Waals surface area contributed by atoms with Gasteiger partial charge in [-0.05, 0) is 37.6 Å². The van der Waals surface area contributed by atoms with Gasteiger partial charge in [0.1, 0.15) is 0 Å². The molecule has 116 valence electrons. The van der Waals surface area contributed by atoms with E-state index >= 15 is 0 Å². The zero-order valence-corrected chi connectivity index (χ0v) is 13.4. The third kappa shape index (κ3) is 3.76. The lowest BCUT2D eigenvalue weighted by molar-refractivity contribution is -0.133. The topological polar surface area (TPSA) is 35.6 Å². The highest BCUT2D eigenvalue weighted by Crippen LogP contribution is 2.17. The molecule has 0 aliphatic carbocycles. The van der Waals surface area contributed by atoms with Crippen LogP contribution in [0.25, 0.3) is 0 Å². The predicted octanol–water partition coefficient (Wildman–Crippen LogP) is 1.29. The van der Waals surface area contributed by atoms with Gasteiger partial charge in [-0.15, -0.1) is 12.4 Å². The molecular weight excluding hydrogens is 286 g/mol. The number of hydrogen-bond donors (Lipinski definition) is 1. The summed E-state index contributed by atoms with van der Waals surface area (Å²) in [6, 6.07) is 8.37. The van der Waals surface area contributed by atoms with E-state index in [1.54, 1.807) is 0 Å². The Morgan fingerprint density at radius 3 is 2.71 bits per heavy atom. The van der Waals surface area contributed by atoms with Crippen LogP contribution in [0, 0.1) is 0 Å². The van der Waals surface area contributed by atoms with E-state index in [0.717, 1.165) is 45.6 Å².